The SMILES string of the molecule is CCc1coc(=O)n1PC1CC1. The molecule has 0 amide bonds. The minimum Gasteiger partial charge on any atom is -0.416 e. The summed E-state index contributed by atoms with van der Waals surface area (Å²) in [5.41, 5.74) is 1.79. The Kier molecular flexibility index (Phi) is 2.05. The van der Waals surface area contributed by atoms with E-state index in [1.165, 1.54) is 12.8 Å². The van der Waals surface area contributed by atoms with Gasteiger partial charge in [-0.15, -0.1) is 0 Å². The van der Waals surface area contributed by atoms with Gasteiger partial charge in [-0.1, -0.05) is 6.92 Å². The molecule has 4 heteroatoms. The molecule has 66 valence electrons. The highest BCUT2D eigenvalue weighted by atomic mass is 31.1. The molecule has 0 radical (unpaired) electrons. The lowest BCUT2D eigenvalue weighted by Crippen LogP contribution is -2.09. The summed E-state index contributed by atoms with van der Waals surface area (Å²) in [6, 6.07) is 0. The van der Waals surface area contributed by atoms with Gasteiger partial charge in [-0.25, -0.2) is 4.79 Å². The van der Waals surface area contributed by atoms with Crippen LogP contribution in [0.15, 0.2) is 15.5 Å². The third-order valence-electron chi connectivity index (χ3n) is 2.02. The molecule has 3 nitrogen and oxygen atoms in total. The molecule has 0 saturated heterocycles. The third kappa shape index (κ3) is 1.46. The van der Waals surface area contributed by atoms with Gasteiger partial charge in [0.25, 0.3) is 0 Å². The normalized spacial score (nSPS) is 17.8. The van der Waals surface area contributed by atoms with E-state index in [0.29, 0.717) is 8.73 Å². The fourth-order valence-electron chi connectivity index (χ4n) is 1.11. The molecule has 1 atom stereocenters. The fourth-order valence-corrected chi connectivity index (χ4v) is 2.44. The van der Waals surface area contributed by atoms with Crippen molar-refractivity contribution in [3.63, 3.8) is 0 Å². The average Bonchev–Trinajstić information content (AvgIpc) is 2.80. The van der Waals surface area contributed by atoms with Gasteiger partial charge >= 0.3 is 5.76 Å². The van der Waals surface area contributed by atoms with Crippen LogP contribution in [0.3, 0.4) is 0 Å². The molecule has 0 N–H and O–H groups in total. The second-order valence-electron chi connectivity index (χ2n) is 3.09. The van der Waals surface area contributed by atoms with Gasteiger partial charge in [0.1, 0.15) is 6.26 Å². The van der Waals surface area contributed by atoms with Gasteiger partial charge in [-0.05, 0) is 33.7 Å². The summed E-state index contributed by atoms with van der Waals surface area (Å²) in [5, 5.41) is 0. The largest absolute Gasteiger partial charge is 0.422 e. The lowest BCUT2D eigenvalue weighted by atomic mass is 10.4. The molecule has 1 aliphatic rings. The van der Waals surface area contributed by atoms with Crippen LogP contribution in [0.2, 0.25) is 0 Å². The van der Waals surface area contributed by atoms with Crippen molar-refractivity contribution in [2.75, 3.05) is 0 Å². The van der Waals surface area contributed by atoms with Crippen molar-refractivity contribution in [2.45, 2.75) is 31.8 Å². The van der Waals surface area contributed by atoms with E-state index >= 15 is 0 Å². The highest BCUT2D eigenvalue weighted by molar-refractivity contribution is 7.37. The molecule has 1 heterocycles. The molecule has 2 rings (SSSR count). The van der Waals surface area contributed by atoms with E-state index < -0.39 is 0 Å². The van der Waals surface area contributed by atoms with E-state index in [4.69, 9.17) is 4.42 Å². The molecule has 0 spiro atoms. The van der Waals surface area contributed by atoms with Crippen LogP contribution >= 0.6 is 8.73 Å². The first-order chi connectivity index (χ1) is 5.81. The third-order valence-corrected chi connectivity index (χ3v) is 3.69. The second kappa shape index (κ2) is 3.06. The number of hydrogen-bond donors (Lipinski definition) is 0. The Labute approximate surface area is 72.6 Å². The molecule has 1 fully saturated rings. The monoisotopic (exact) mass is 185 g/mol. The standard InChI is InChI=1S/C8H12NO2P/c1-2-6-5-11-8(10)9(6)12-7-3-4-7/h5,7,12H,2-4H2,1H3. The van der Waals surface area contributed by atoms with Crippen molar-refractivity contribution >= 4 is 8.73 Å². The number of rotatable bonds is 3. The first-order valence-electron chi connectivity index (χ1n) is 4.27. The summed E-state index contributed by atoms with van der Waals surface area (Å²) in [5.74, 6) is -0.183. The van der Waals surface area contributed by atoms with Crippen LogP contribution in [0.1, 0.15) is 25.5 Å². The molecule has 1 unspecified atom stereocenters. The summed E-state index contributed by atoms with van der Waals surface area (Å²) in [4.78, 5) is 11.2. The first-order valence-corrected chi connectivity index (χ1v) is 5.29. The topological polar surface area (TPSA) is 35.1 Å². The van der Waals surface area contributed by atoms with Gasteiger partial charge in [-0.2, -0.15) is 0 Å². The molecule has 1 aromatic heterocycles. The zero-order valence-corrected chi connectivity index (χ0v) is 8.04. The van der Waals surface area contributed by atoms with E-state index in [0.717, 1.165) is 17.8 Å². The van der Waals surface area contributed by atoms with Gasteiger partial charge in [0, 0.05) is 0 Å². The van der Waals surface area contributed by atoms with E-state index in [-0.39, 0.29) is 5.76 Å². The van der Waals surface area contributed by atoms with Crippen molar-refractivity contribution in [3.05, 3.63) is 22.5 Å². The zero-order valence-electron chi connectivity index (χ0n) is 7.04. The van der Waals surface area contributed by atoms with Crippen LogP contribution in [0.5, 0.6) is 0 Å². The summed E-state index contributed by atoms with van der Waals surface area (Å²) >= 11 is 0. The van der Waals surface area contributed by atoms with Crippen molar-refractivity contribution in [1.29, 1.82) is 0 Å². The molecule has 1 aromatic rings. The predicted molar refractivity (Wildman–Crippen MR) is 49.1 cm³/mol. The number of aryl methyl sites for hydroxylation is 1. The molecule has 1 saturated carbocycles. The zero-order chi connectivity index (χ0) is 8.55. The van der Waals surface area contributed by atoms with E-state index in [2.05, 4.69) is 0 Å². The van der Waals surface area contributed by atoms with Gasteiger partial charge in [0.2, 0.25) is 0 Å². The Bertz CT molecular complexity index is 324. The van der Waals surface area contributed by atoms with Gasteiger partial charge in [-0.3, -0.25) is 4.34 Å². The number of aromatic nitrogens is 1. The summed E-state index contributed by atoms with van der Waals surface area (Å²) < 4.78 is 6.62. The molecular weight excluding hydrogens is 173 g/mol. The van der Waals surface area contributed by atoms with E-state index in [1.807, 2.05) is 6.92 Å². The highest BCUT2D eigenvalue weighted by Crippen LogP contribution is 2.39. The van der Waals surface area contributed by atoms with Crippen molar-refractivity contribution in [3.8, 4) is 0 Å². The van der Waals surface area contributed by atoms with Crippen LogP contribution in [0, 0.1) is 0 Å². The predicted octanol–water partition coefficient (Wildman–Crippen LogP) is 1.61. The Balaban J connectivity index is 2.24. The molecular formula is C8H12NO2P. The molecule has 0 aliphatic heterocycles. The number of hydrogen-bond acceptors (Lipinski definition) is 2. The quantitative estimate of drug-likeness (QED) is 0.670. The summed E-state index contributed by atoms with van der Waals surface area (Å²) in [6.07, 6.45) is 5.02. The first kappa shape index (κ1) is 8.06. The average molecular weight is 185 g/mol. The van der Waals surface area contributed by atoms with E-state index in [9.17, 15) is 4.79 Å². The van der Waals surface area contributed by atoms with Gasteiger partial charge in [0.15, 0.2) is 0 Å². The fraction of sp³-hybridized carbons (Fsp3) is 0.625. The Hall–Kier alpha value is -0.560. The Morgan fingerprint density at radius 3 is 3.08 bits per heavy atom. The lowest BCUT2D eigenvalue weighted by Gasteiger charge is -2.00. The molecule has 0 aromatic carbocycles. The van der Waals surface area contributed by atoms with Crippen molar-refractivity contribution in [1.82, 2.24) is 4.34 Å². The maximum absolute atomic E-state index is 11.2. The van der Waals surface area contributed by atoms with Crippen LogP contribution in [-0.2, 0) is 6.42 Å². The maximum Gasteiger partial charge on any atom is 0.422 e. The summed E-state index contributed by atoms with van der Waals surface area (Å²) in [6.45, 7) is 2.04. The summed E-state index contributed by atoms with van der Waals surface area (Å²) in [7, 11) is 0.611. The minimum absolute atomic E-state index is 0.183. The van der Waals surface area contributed by atoms with Crippen molar-refractivity contribution < 1.29 is 4.42 Å². The Morgan fingerprint density at radius 2 is 2.50 bits per heavy atom. The van der Waals surface area contributed by atoms with Crippen LogP contribution in [0.25, 0.3) is 0 Å². The van der Waals surface area contributed by atoms with Crippen LogP contribution in [0.4, 0.5) is 0 Å². The number of nitrogens with zero attached hydrogens (tertiary/aromatic N) is 1. The van der Waals surface area contributed by atoms with Crippen LogP contribution in [-0.4, -0.2) is 10.00 Å². The molecule has 12 heavy (non-hydrogen) atoms. The molecule has 1 aliphatic carbocycles. The second-order valence-corrected chi connectivity index (χ2v) is 4.61. The number of oxazole rings is 1. The smallest absolute Gasteiger partial charge is 0.416 e. The lowest BCUT2D eigenvalue weighted by molar-refractivity contribution is 0.510. The Morgan fingerprint density at radius 1 is 1.75 bits per heavy atom. The van der Waals surface area contributed by atoms with Crippen molar-refractivity contribution in [2.24, 2.45) is 0 Å². The van der Waals surface area contributed by atoms with Gasteiger partial charge in [0.05, 0.1) is 5.69 Å². The molecule has 0 bridgehead atoms. The minimum atomic E-state index is -0.183. The highest BCUT2D eigenvalue weighted by Gasteiger charge is 2.24. The van der Waals surface area contributed by atoms with Gasteiger partial charge < -0.3 is 4.42 Å². The van der Waals surface area contributed by atoms with Crippen LogP contribution < -0.4 is 5.76 Å². The maximum atomic E-state index is 11.2. The van der Waals surface area contributed by atoms with E-state index in [1.54, 1.807) is 10.6 Å².